The van der Waals surface area contributed by atoms with Gasteiger partial charge in [0, 0.05) is 6.42 Å². The van der Waals surface area contributed by atoms with Crippen LogP contribution in [0.4, 0.5) is 0 Å². The number of hydrogen-bond acceptors (Lipinski definition) is 3. The first-order valence-electron chi connectivity index (χ1n) is 3.62. The molecule has 72 valence electrons. The Balaban J connectivity index is 2.41. The monoisotopic (exact) mass is 255 g/mol. The minimum absolute atomic E-state index is 0.103. The van der Waals surface area contributed by atoms with Gasteiger partial charge >= 0.3 is 0 Å². The molecular weight excluding hydrogens is 249 g/mol. The molecule has 0 aliphatic carbocycles. The molecule has 0 unspecified atom stereocenters. The van der Waals surface area contributed by atoms with Crippen LogP contribution in [0.25, 0.3) is 0 Å². The molecule has 0 aliphatic heterocycles. The Morgan fingerprint density at radius 2 is 2.23 bits per heavy atom. The minimum atomic E-state index is -0.103. The second kappa shape index (κ2) is 5.20. The van der Waals surface area contributed by atoms with Crippen LogP contribution in [0, 0.1) is 0 Å². The first-order chi connectivity index (χ1) is 6.09. The Hall–Kier alpha value is 0.230. The predicted molar refractivity (Wildman–Crippen MR) is 59.1 cm³/mol. The van der Waals surface area contributed by atoms with Gasteiger partial charge in [-0.1, -0.05) is 23.2 Å². The quantitative estimate of drug-likeness (QED) is 0.838. The Bertz CT molecular complexity index is 294. The van der Waals surface area contributed by atoms with Crippen LogP contribution in [0.3, 0.4) is 0 Å². The standard InChI is InChI=1S/C7H7Cl2NOS2/c8-6-7(9)13-4(10-6)2-1-3-5(11)12/h1-3H2,(H,11,12). The van der Waals surface area contributed by atoms with Crippen molar-refractivity contribution < 1.29 is 4.79 Å². The van der Waals surface area contributed by atoms with Gasteiger partial charge in [-0.15, -0.1) is 24.0 Å². The van der Waals surface area contributed by atoms with Crippen molar-refractivity contribution in [2.24, 2.45) is 0 Å². The van der Waals surface area contributed by atoms with E-state index in [2.05, 4.69) is 17.6 Å². The Morgan fingerprint density at radius 1 is 1.54 bits per heavy atom. The summed E-state index contributed by atoms with van der Waals surface area (Å²) in [6, 6.07) is 0. The van der Waals surface area contributed by atoms with Crippen LogP contribution in [0.15, 0.2) is 0 Å². The maximum absolute atomic E-state index is 10.5. The topological polar surface area (TPSA) is 30.0 Å². The van der Waals surface area contributed by atoms with E-state index in [0.29, 0.717) is 15.9 Å². The van der Waals surface area contributed by atoms with E-state index < -0.39 is 0 Å². The highest BCUT2D eigenvalue weighted by Gasteiger charge is 2.06. The van der Waals surface area contributed by atoms with E-state index in [0.717, 1.165) is 17.8 Å². The lowest BCUT2D eigenvalue weighted by atomic mass is 10.2. The fourth-order valence-electron chi connectivity index (χ4n) is 0.820. The third-order valence-electron chi connectivity index (χ3n) is 1.37. The van der Waals surface area contributed by atoms with E-state index in [9.17, 15) is 4.79 Å². The molecule has 0 aliphatic rings. The molecule has 0 aromatic carbocycles. The second-order valence-corrected chi connectivity index (χ2v) is 4.96. The van der Waals surface area contributed by atoms with Crippen LogP contribution in [-0.2, 0) is 11.2 Å². The Morgan fingerprint density at radius 3 is 2.69 bits per heavy atom. The fraction of sp³-hybridized carbons (Fsp3) is 0.429. The van der Waals surface area contributed by atoms with Crippen molar-refractivity contribution in [1.82, 2.24) is 4.98 Å². The number of thiazole rings is 1. The SMILES string of the molecule is O=C(S)CCCc1nc(Cl)c(Cl)s1. The molecule has 6 heteroatoms. The van der Waals surface area contributed by atoms with Gasteiger partial charge in [-0.2, -0.15) is 0 Å². The van der Waals surface area contributed by atoms with Crippen molar-refractivity contribution in [1.29, 1.82) is 0 Å². The molecule has 0 spiro atoms. The Kier molecular flexibility index (Phi) is 4.52. The lowest BCUT2D eigenvalue weighted by molar-refractivity contribution is -0.110. The van der Waals surface area contributed by atoms with E-state index in [1.54, 1.807) is 0 Å². The third-order valence-corrected chi connectivity index (χ3v) is 3.39. The molecule has 0 fully saturated rings. The lowest BCUT2D eigenvalue weighted by Gasteiger charge is -1.92. The van der Waals surface area contributed by atoms with Crippen molar-refractivity contribution in [3.8, 4) is 0 Å². The van der Waals surface area contributed by atoms with E-state index in [1.807, 2.05) is 0 Å². The highest BCUT2D eigenvalue weighted by atomic mass is 35.5. The zero-order valence-electron chi connectivity index (χ0n) is 6.59. The number of carbonyl (C=O) groups excluding carboxylic acids is 1. The van der Waals surface area contributed by atoms with Crippen LogP contribution >= 0.6 is 47.2 Å². The predicted octanol–water partition coefficient (Wildman–Crippen LogP) is 3.23. The highest BCUT2D eigenvalue weighted by Crippen LogP contribution is 2.28. The fourth-order valence-corrected chi connectivity index (χ4v) is 2.28. The van der Waals surface area contributed by atoms with E-state index in [1.165, 1.54) is 11.3 Å². The van der Waals surface area contributed by atoms with E-state index in [-0.39, 0.29) is 5.12 Å². The summed E-state index contributed by atoms with van der Waals surface area (Å²) in [6.45, 7) is 0. The number of halogens is 2. The van der Waals surface area contributed by atoms with E-state index >= 15 is 0 Å². The van der Waals surface area contributed by atoms with Crippen molar-refractivity contribution in [2.75, 3.05) is 0 Å². The van der Waals surface area contributed by atoms with Gasteiger partial charge in [0.2, 0.25) is 0 Å². The third kappa shape index (κ3) is 3.85. The number of nitrogens with zero attached hydrogens (tertiary/aromatic N) is 1. The number of hydrogen-bond donors (Lipinski definition) is 1. The summed E-state index contributed by atoms with van der Waals surface area (Å²) in [5.74, 6) is 0. The highest BCUT2D eigenvalue weighted by molar-refractivity contribution is 7.96. The molecule has 1 aromatic heterocycles. The van der Waals surface area contributed by atoms with Crippen LogP contribution in [-0.4, -0.2) is 10.1 Å². The first kappa shape index (κ1) is 11.3. The van der Waals surface area contributed by atoms with Crippen LogP contribution in [0.5, 0.6) is 0 Å². The Labute approximate surface area is 95.7 Å². The molecule has 13 heavy (non-hydrogen) atoms. The lowest BCUT2D eigenvalue weighted by Crippen LogP contribution is -1.89. The molecule has 1 aromatic rings. The first-order valence-corrected chi connectivity index (χ1v) is 5.64. The van der Waals surface area contributed by atoms with Crippen molar-refractivity contribution >= 4 is 52.3 Å². The molecule has 1 heterocycles. The summed E-state index contributed by atoms with van der Waals surface area (Å²) in [7, 11) is 0. The van der Waals surface area contributed by atoms with Crippen molar-refractivity contribution in [3.63, 3.8) is 0 Å². The number of aromatic nitrogens is 1. The second-order valence-electron chi connectivity index (χ2n) is 2.42. The maximum Gasteiger partial charge on any atom is 0.185 e. The summed E-state index contributed by atoms with van der Waals surface area (Å²) in [5.41, 5.74) is 0. The van der Waals surface area contributed by atoms with Crippen LogP contribution < -0.4 is 0 Å². The summed E-state index contributed by atoms with van der Waals surface area (Å²) >= 11 is 16.4. The summed E-state index contributed by atoms with van der Waals surface area (Å²) in [6.07, 6.45) is 1.92. The molecule has 0 saturated heterocycles. The average molecular weight is 256 g/mol. The van der Waals surface area contributed by atoms with Gasteiger partial charge in [0.15, 0.2) is 10.3 Å². The molecule has 0 radical (unpaired) electrons. The summed E-state index contributed by atoms with van der Waals surface area (Å²) in [4.78, 5) is 14.5. The van der Waals surface area contributed by atoms with Gasteiger partial charge in [0.25, 0.3) is 0 Å². The molecule has 1 rings (SSSR count). The van der Waals surface area contributed by atoms with Gasteiger partial charge in [-0.05, 0) is 12.8 Å². The number of carbonyl (C=O) groups is 1. The van der Waals surface area contributed by atoms with Crippen LogP contribution in [0.2, 0.25) is 9.49 Å². The number of rotatable bonds is 4. The smallest absolute Gasteiger partial charge is 0.185 e. The van der Waals surface area contributed by atoms with E-state index in [4.69, 9.17) is 23.2 Å². The maximum atomic E-state index is 10.5. The average Bonchev–Trinajstić information content (AvgIpc) is 2.30. The van der Waals surface area contributed by atoms with Crippen molar-refractivity contribution in [2.45, 2.75) is 19.3 Å². The molecule has 0 atom stereocenters. The van der Waals surface area contributed by atoms with Crippen LogP contribution in [0.1, 0.15) is 17.8 Å². The summed E-state index contributed by atoms with van der Waals surface area (Å²) < 4.78 is 0.508. The molecule has 0 amide bonds. The molecule has 0 N–H and O–H groups in total. The van der Waals surface area contributed by atoms with Gasteiger partial charge in [-0.25, -0.2) is 4.98 Å². The zero-order chi connectivity index (χ0) is 9.84. The molecular formula is C7H7Cl2NOS2. The zero-order valence-corrected chi connectivity index (χ0v) is 9.81. The van der Waals surface area contributed by atoms with Gasteiger partial charge in [0.05, 0.1) is 5.01 Å². The summed E-state index contributed by atoms with van der Waals surface area (Å²) in [5, 5.41) is 1.11. The number of aryl methyl sites for hydroxylation is 1. The normalized spacial score (nSPS) is 10.4. The largest absolute Gasteiger partial charge is 0.288 e. The molecule has 0 bridgehead atoms. The molecule has 2 nitrogen and oxygen atoms in total. The minimum Gasteiger partial charge on any atom is -0.288 e. The number of thiol groups is 1. The van der Waals surface area contributed by atoms with Gasteiger partial charge in [-0.3, -0.25) is 4.79 Å². The van der Waals surface area contributed by atoms with Gasteiger partial charge < -0.3 is 0 Å². The van der Waals surface area contributed by atoms with Gasteiger partial charge in [0.1, 0.15) is 4.34 Å². The molecule has 0 saturated carbocycles. The van der Waals surface area contributed by atoms with Crippen molar-refractivity contribution in [3.05, 3.63) is 14.5 Å².